The topological polar surface area (TPSA) is 46.9 Å². The van der Waals surface area contributed by atoms with Crippen LogP contribution in [-0.2, 0) is 11.3 Å². The minimum Gasteiger partial charge on any atom is -0.322 e. The van der Waals surface area contributed by atoms with Crippen molar-refractivity contribution in [3.63, 3.8) is 0 Å². The Bertz CT molecular complexity index is 801. The van der Waals surface area contributed by atoms with Crippen molar-refractivity contribution < 1.29 is 9.18 Å². The van der Waals surface area contributed by atoms with E-state index in [1.165, 1.54) is 12.1 Å². The fourth-order valence-corrected chi connectivity index (χ4v) is 3.40. The number of hydrogen-bond donors (Lipinski definition) is 1. The largest absolute Gasteiger partial charge is 0.322 e. The van der Waals surface area contributed by atoms with Crippen LogP contribution in [0.3, 0.4) is 0 Å². The van der Waals surface area contributed by atoms with E-state index in [9.17, 15) is 9.18 Å². The summed E-state index contributed by atoms with van der Waals surface area (Å²) >= 11 is 12.1. The monoisotopic (exact) mass is 369 g/mol. The number of rotatable bonds is 4. The molecule has 0 aliphatic heterocycles. The van der Waals surface area contributed by atoms with Gasteiger partial charge < -0.3 is 5.32 Å². The summed E-state index contributed by atoms with van der Waals surface area (Å²) in [6.45, 7) is 5.95. The first kappa shape index (κ1) is 17.2. The number of aryl methyl sites for hydroxylation is 1. The van der Waals surface area contributed by atoms with Gasteiger partial charge in [0.25, 0.3) is 0 Å². The standard InChI is InChI=1S/C17H18Cl2FN3O/c1-10-14(21-15(24)16(3)9-17(16,18)19)11(2)23(22-10)8-12-4-6-13(20)7-5-12/h4-7H,8-9H2,1-3H3,(H,21,24). The average molecular weight is 370 g/mol. The van der Waals surface area contributed by atoms with Gasteiger partial charge in [-0.15, -0.1) is 23.2 Å². The molecule has 128 valence electrons. The molecule has 1 unspecified atom stereocenters. The van der Waals surface area contributed by atoms with Crippen LogP contribution in [0.4, 0.5) is 10.1 Å². The van der Waals surface area contributed by atoms with Crippen molar-refractivity contribution >= 4 is 34.8 Å². The second-order valence-electron chi connectivity index (χ2n) is 6.50. The Labute approximate surface area is 149 Å². The fourth-order valence-electron chi connectivity index (χ4n) is 2.69. The summed E-state index contributed by atoms with van der Waals surface area (Å²) in [6, 6.07) is 6.26. The van der Waals surface area contributed by atoms with Crippen molar-refractivity contribution in [2.75, 3.05) is 5.32 Å². The minimum absolute atomic E-state index is 0.208. The predicted octanol–water partition coefficient (Wildman–Crippen LogP) is 4.21. The maximum absolute atomic E-state index is 13.0. The number of nitrogens with one attached hydrogen (secondary N) is 1. The zero-order valence-corrected chi connectivity index (χ0v) is 15.2. The molecule has 2 aromatic rings. The summed E-state index contributed by atoms with van der Waals surface area (Å²) in [6.07, 6.45) is 0.427. The Balaban J connectivity index is 1.79. The quantitative estimate of drug-likeness (QED) is 0.820. The predicted molar refractivity (Wildman–Crippen MR) is 93.0 cm³/mol. The molecule has 0 bridgehead atoms. The van der Waals surface area contributed by atoms with E-state index in [1.807, 2.05) is 13.8 Å². The van der Waals surface area contributed by atoms with Gasteiger partial charge in [-0.05, 0) is 44.9 Å². The van der Waals surface area contributed by atoms with Crippen LogP contribution in [0.25, 0.3) is 0 Å². The number of alkyl halides is 2. The van der Waals surface area contributed by atoms with E-state index in [0.29, 0.717) is 24.3 Å². The molecular weight excluding hydrogens is 352 g/mol. The maximum atomic E-state index is 13.0. The molecule has 3 rings (SSSR count). The lowest BCUT2D eigenvalue weighted by atomic mass is 10.1. The first-order valence-corrected chi connectivity index (χ1v) is 8.37. The average Bonchev–Trinajstić information content (AvgIpc) is 2.93. The van der Waals surface area contributed by atoms with Gasteiger partial charge >= 0.3 is 0 Å². The SMILES string of the molecule is Cc1nn(Cc2ccc(F)cc2)c(C)c1NC(=O)C1(C)CC1(Cl)Cl. The molecule has 1 N–H and O–H groups in total. The number of anilines is 1. The Hall–Kier alpha value is -1.59. The highest BCUT2D eigenvalue weighted by Gasteiger charge is 2.68. The molecule has 1 aromatic heterocycles. The first-order valence-electron chi connectivity index (χ1n) is 7.62. The molecule has 1 aliphatic carbocycles. The van der Waals surface area contributed by atoms with Crippen molar-refractivity contribution in [1.82, 2.24) is 9.78 Å². The molecule has 0 saturated heterocycles. The van der Waals surface area contributed by atoms with Crippen LogP contribution in [0.15, 0.2) is 24.3 Å². The Morgan fingerprint density at radius 2 is 1.92 bits per heavy atom. The molecule has 1 saturated carbocycles. The summed E-state index contributed by atoms with van der Waals surface area (Å²) in [5.74, 6) is -0.483. The number of nitrogens with zero attached hydrogens (tertiary/aromatic N) is 2. The van der Waals surface area contributed by atoms with Crippen LogP contribution in [0.5, 0.6) is 0 Å². The minimum atomic E-state index is -1.01. The summed E-state index contributed by atoms with van der Waals surface area (Å²) in [7, 11) is 0. The lowest BCUT2D eigenvalue weighted by molar-refractivity contribution is -0.120. The molecule has 7 heteroatoms. The third kappa shape index (κ3) is 2.91. The number of hydrogen-bond acceptors (Lipinski definition) is 2. The van der Waals surface area contributed by atoms with Crippen molar-refractivity contribution in [1.29, 1.82) is 0 Å². The molecular formula is C17H18Cl2FN3O. The summed E-state index contributed by atoms with van der Waals surface area (Å²) in [5.41, 5.74) is 2.34. The highest BCUT2D eigenvalue weighted by atomic mass is 35.5. The second kappa shape index (κ2) is 5.74. The van der Waals surface area contributed by atoms with Crippen molar-refractivity contribution in [3.8, 4) is 0 Å². The third-order valence-electron chi connectivity index (χ3n) is 4.62. The van der Waals surface area contributed by atoms with E-state index in [0.717, 1.165) is 11.3 Å². The van der Waals surface area contributed by atoms with E-state index in [2.05, 4.69) is 10.4 Å². The van der Waals surface area contributed by atoms with Gasteiger partial charge in [-0.2, -0.15) is 5.10 Å². The van der Waals surface area contributed by atoms with Crippen LogP contribution in [0.1, 0.15) is 30.3 Å². The highest BCUT2D eigenvalue weighted by Crippen LogP contribution is 2.64. The lowest BCUT2D eigenvalue weighted by Crippen LogP contribution is -2.26. The number of carbonyl (C=O) groups excluding carboxylic acids is 1. The van der Waals surface area contributed by atoms with Gasteiger partial charge in [-0.25, -0.2) is 4.39 Å². The Morgan fingerprint density at radius 3 is 2.46 bits per heavy atom. The molecule has 1 fully saturated rings. The molecule has 0 radical (unpaired) electrons. The van der Waals surface area contributed by atoms with Gasteiger partial charge in [0.15, 0.2) is 0 Å². The molecule has 1 aromatic carbocycles. The van der Waals surface area contributed by atoms with E-state index in [4.69, 9.17) is 23.2 Å². The second-order valence-corrected chi connectivity index (χ2v) is 7.98. The van der Waals surface area contributed by atoms with Crippen LogP contribution in [0, 0.1) is 25.1 Å². The molecule has 4 nitrogen and oxygen atoms in total. The van der Waals surface area contributed by atoms with Crippen LogP contribution < -0.4 is 5.32 Å². The van der Waals surface area contributed by atoms with Crippen molar-refractivity contribution in [2.24, 2.45) is 5.41 Å². The number of halogens is 3. The molecule has 0 spiro atoms. The van der Waals surface area contributed by atoms with Gasteiger partial charge in [0, 0.05) is 0 Å². The summed E-state index contributed by atoms with van der Waals surface area (Å²) in [4.78, 5) is 12.5. The van der Waals surface area contributed by atoms with Crippen LogP contribution in [-0.4, -0.2) is 20.0 Å². The fraction of sp³-hybridized carbons (Fsp3) is 0.412. The zero-order valence-electron chi connectivity index (χ0n) is 13.7. The van der Waals surface area contributed by atoms with E-state index in [-0.39, 0.29) is 11.7 Å². The zero-order chi connectivity index (χ0) is 17.7. The van der Waals surface area contributed by atoms with Crippen molar-refractivity contribution in [3.05, 3.63) is 47.0 Å². The van der Waals surface area contributed by atoms with Gasteiger partial charge in [-0.1, -0.05) is 12.1 Å². The molecule has 1 atom stereocenters. The Morgan fingerprint density at radius 1 is 1.33 bits per heavy atom. The van der Waals surface area contributed by atoms with Gasteiger partial charge in [-0.3, -0.25) is 9.48 Å². The number of aromatic nitrogens is 2. The smallest absolute Gasteiger partial charge is 0.233 e. The number of amides is 1. The molecule has 1 amide bonds. The number of benzene rings is 1. The molecule has 1 heterocycles. The van der Waals surface area contributed by atoms with Gasteiger partial charge in [0.1, 0.15) is 10.2 Å². The van der Waals surface area contributed by atoms with Crippen LogP contribution in [0.2, 0.25) is 0 Å². The van der Waals surface area contributed by atoms with Gasteiger partial charge in [0.2, 0.25) is 5.91 Å². The van der Waals surface area contributed by atoms with Crippen molar-refractivity contribution in [2.45, 2.75) is 38.1 Å². The van der Waals surface area contributed by atoms with E-state index < -0.39 is 9.75 Å². The lowest BCUT2D eigenvalue weighted by Gasteiger charge is -2.13. The van der Waals surface area contributed by atoms with E-state index in [1.54, 1.807) is 23.7 Å². The van der Waals surface area contributed by atoms with Crippen LogP contribution >= 0.6 is 23.2 Å². The maximum Gasteiger partial charge on any atom is 0.233 e. The summed E-state index contributed by atoms with van der Waals surface area (Å²) in [5, 5.41) is 7.36. The van der Waals surface area contributed by atoms with E-state index >= 15 is 0 Å². The summed E-state index contributed by atoms with van der Waals surface area (Å²) < 4.78 is 13.8. The molecule has 24 heavy (non-hydrogen) atoms. The third-order valence-corrected chi connectivity index (χ3v) is 5.73. The normalized spacial score (nSPS) is 21.6. The van der Waals surface area contributed by atoms with Gasteiger partial charge in [0.05, 0.1) is 29.0 Å². The Kier molecular flexibility index (Phi) is 4.12. The highest BCUT2D eigenvalue weighted by molar-refractivity contribution is 6.53. The first-order chi connectivity index (χ1) is 11.1. The molecule has 1 aliphatic rings. The number of carbonyl (C=O) groups is 1.